The summed E-state index contributed by atoms with van der Waals surface area (Å²) in [5.74, 6) is 0. The summed E-state index contributed by atoms with van der Waals surface area (Å²) in [4.78, 5) is 0. The summed E-state index contributed by atoms with van der Waals surface area (Å²) >= 11 is 0. The molecule has 0 unspecified atom stereocenters. The van der Waals surface area contributed by atoms with Gasteiger partial charge in [0.1, 0.15) is 0 Å². The first kappa shape index (κ1) is 23.6. The first-order valence-electron chi connectivity index (χ1n) is 7.81. The van der Waals surface area contributed by atoms with Crippen LogP contribution in [0.3, 0.4) is 0 Å². The molecule has 0 atom stereocenters. The molecular weight excluding hydrogens is 315 g/mol. The predicted octanol–water partition coefficient (Wildman–Crippen LogP) is 1.13. The van der Waals surface area contributed by atoms with Crippen LogP contribution in [-0.2, 0) is 20.1 Å². The van der Waals surface area contributed by atoms with Crippen LogP contribution in [0, 0.1) is 0 Å². The normalized spacial score (nSPS) is 12.8. The molecule has 132 valence electrons. The number of alkyl halides is 3. The third-order valence-corrected chi connectivity index (χ3v) is 3.00. The molecule has 0 spiro atoms. The van der Waals surface area contributed by atoms with E-state index >= 15 is 0 Å². The van der Waals surface area contributed by atoms with Gasteiger partial charge >= 0.3 is 31.8 Å². The quantitative estimate of drug-likeness (QED) is 0.697. The average molecular weight is 340 g/mol. The van der Waals surface area contributed by atoms with Gasteiger partial charge in [0.15, 0.2) is 0 Å². The number of hydrogen-bond acceptors (Lipinski definition) is 3. The van der Waals surface area contributed by atoms with Crippen LogP contribution in [0.4, 0.5) is 13.2 Å². The Hall–Kier alpha value is -0.448. The van der Waals surface area contributed by atoms with Gasteiger partial charge in [-0.05, 0) is 41.5 Å². The van der Waals surface area contributed by atoms with Crippen LogP contribution in [0.1, 0.15) is 47.1 Å². The predicted molar refractivity (Wildman–Crippen MR) is 85.5 cm³/mol. The van der Waals surface area contributed by atoms with Gasteiger partial charge in [-0.2, -0.15) is 13.2 Å². The molecular formula is C16H25BF3LiO3. The van der Waals surface area contributed by atoms with Gasteiger partial charge in [0.25, 0.3) is 0 Å². The van der Waals surface area contributed by atoms with E-state index in [0.29, 0.717) is 0 Å². The van der Waals surface area contributed by atoms with Crippen LogP contribution < -0.4 is 24.3 Å². The van der Waals surface area contributed by atoms with Gasteiger partial charge in [-0.15, -0.1) is 5.46 Å². The third kappa shape index (κ3) is 6.46. The Morgan fingerprint density at radius 1 is 0.792 bits per heavy atom. The van der Waals surface area contributed by atoms with E-state index in [0.717, 1.165) is 6.07 Å². The standard InChI is InChI=1S/C16H25BF3O3.Li/c1-11(2)21-17(22-12(3)4,23-13(5)6)15-10-8-7-9-14(15)16(18,19)20;/h7-13H,1-6H3;/q-1;+1. The molecule has 1 rings (SSSR count). The Morgan fingerprint density at radius 3 is 1.50 bits per heavy atom. The van der Waals surface area contributed by atoms with Crippen molar-refractivity contribution in [3.63, 3.8) is 0 Å². The van der Waals surface area contributed by atoms with Gasteiger partial charge in [0.05, 0.1) is 0 Å². The van der Waals surface area contributed by atoms with Crippen molar-refractivity contribution in [1.82, 2.24) is 0 Å². The molecule has 0 aliphatic rings. The fraction of sp³-hybridized carbons (Fsp3) is 0.625. The van der Waals surface area contributed by atoms with Crippen LogP contribution in [0.2, 0.25) is 0 Å². The van der Waals surface area contributed by atoms with Gasteiger partial charge in [0.2, 0.25) is 0 Å². The largest absolute Gasteiger partial charge is 1.00 e. The number of halogens is 3. The summed E-state index contributed by atoms with van der Waals surface area (Å²) in [6.45, 7) is 7.68. The molecule has 24 heavy (non-hydrogen) atoms. The third-order valence-electron chi connectivity index (χ3n) is 3.00. The molecule has 0 radical (unpaired) electrons. The maximum atomic E-state index is 13.4. The molecule has 0 aromatic heterocycles. The topological polar surface area (TPSA) is 27.7 Å². The van der Waals surface area contributed by atoms with Gasteiger partial charge in [-0.25, -0.2) is 0 Å². The van der Waals surface area contributed by atoms with E-state index in [1.54, 1.807) is 41.5 Å². The summed E-state index contributed by atoms with van der Waals surface area (Å²) in [6, 6.07) is 5.24. The zero-order valence-electron chi connectivity index (χ0n) is 15.5. The Labute approximate surface area is 154 Å². The SMILES string of the molecule is CC(C)O[B-](OC(C)C)(OC(C)C)c1ccccc1C(F)(F)F.[Li+]. The maximum absolute atomic E-state index is 13.4. The summed E-state index contributed by atoms with van der Waals surface area (Å²) < 4.78 is 57.7. The molecule has 0 saturated carbocycles. The molecule has 0 fully saturated rings. The van der Waals surface area contributed by atoms with Crippen LogP contribution in [-0.4, -0.2) is 25.1 Å². The first-order chi connectivity index (χ1) is 10.5. The van der Waals surface area contributed by atoms with Crippen molar-refractivity contribution in [2.24, 2.45) is 0 Å². The van der Waals surface area contributed by atoms with Gasteiger partial charge in [-0.3, -0.25) is 0 Å². The molecule has 0 aliphatic carbocycles. The summed E-state index contributed by atoms with van der Waals surface area (Å²) in [5.41, 5.74) is -0.918. The molecule has 1 aromatic carbocycles. The number of benzene rings is 1. The molecule has 0 heterocycles. The van der Waals surface area contributed by atoms with E-state index in [4.69, 9.17) is 14.0 Å². The summed E-state index contributed by atoms with van der Waals surface area (Å²) in [6.07, 6.45) is -5.62. The van der Waals surface area contributed by atoms with Gasteiger partial charge in [-0.1, -0.05) is 24.3 Å². The van der Waals surface area contributed by atoms with Crippen molar-refractivity contribution in [2.75, 3.05) is 0 Å². The first-order valence-corrected chi connectivity index (χ1v) is 7.81. The second kappa shape index (κ2) is 9.31. The van der Waals surface area contributed by atoms with Crippen molar-refractivity contribution >= 4 is 12.2 Å². The molecule has 0 aliphatic heterocycles. The fourth-order valence-electron chi connectivity index (χ4n) is 2.45. The van der Waals surface area contributed by atoms with Gasteiger partial charge < -0.3 is 14.0 Å². The minimum Gasteiger partial charge on any atom is -0.539 e. The van der Waals surface area contributed by atoms with Gasteiger partial charge in [0, 0.05) is 23.9 Å². The molecule has 0 saturated heterocycles. The Balaban J connectivity index is 0.00000529. The molecule has 1 aromatic rings. The van der Waals surface area contributed by atoms with E-state index in [-0.39, 0.29) is 42.6 Å². The van der Waals surface area contributed by atoms with Crippen LogP contribution in [0.15, 0.2) is 24.3 Å². The van der Waals surface area contributed by atoms with Crippen molar-refractivity contribution in [3.8, 4) is 0 Å². The van der Waals surface area contributed by atoms with E-state index in [9.17, 15) is 13.2 Å². The second-order valence-electron chi connectivity index (χ2n) is 6.28. The van der Waals surface area contributed by atoms with Crippen molar-refractivity contribution in [1.29, 1.82) is 0 Å². The van der Waals surface area contributed by atoms with E-state index < -0.39 is 18.5 Å². The molecule has 0 amide bonds. The van der Waals surface area contributed by atoms with Crippen LogP contribution >= 0.6 is 0 Å². The van der Waals surface area contributed by atoms with Crippen LogP contribution in [0.25, 0.3) is 0 Å². The monoisotopic (exact) mass is 340 g/mol. The van der Waals surface area contributed by atoms with E-state index in [2.05, 4.69) is 0 Å². The maximum Gasteiger partial charge on any atom is 1.00 e. The second-order valence-corrected chi connectivity index (χ2v) is 6.28. The molecule has 3 nitrogen and oxygen atoms in total. The Bertz CT molecular complexity index is 481. The minimum absolute atomic E-state index is 0. The fourth-order valence-corrected chi connectivity index (χ4v) is 2.45. The van der Waals surface area contributed by atoms with Crippen LogP contribution in [0.5, 0.6) is 0 Å². The van der Waals surface area contributed by atoms with Crippen molar-refractivity contribution in [3.05, 3.63) is 29.8 Å². The zero-order chi connectivity index (χ0) is 17.8. The zero-order valence-corrected chi connectivity index (χ0v) is 15.5. The van der Waals surface area contributed by atoms with E-state index in [1.165, 1.54) is 18.2 Å². The Kier molecular flexibility index (Phi) is 9.13. The summed E-state index contributed by atoms with van der Waals surface area (Å²) in [5, 5.41) is 0. The smallest absolute Gasteiger partial charge is 0.539 e. The van der Waals surface area contributed by atoms with E-state index in [1.807, 2.05) is 0 Å². The van der Waals surface area contributed by atoms with Crippen molar-refractivity contribution in [2.45, 2.75) is 66.0 Å². The van der Waals surface area contributed by atoms with Crippen molar-refractivity contribution < 1.29 is 46.0 Å². The number of hydrogen-bond donors (Lipinski definition) is 0. The Morgan fingerprint density at radius 2 is 1.17 bits per heavy atom. The minimum atomic E-state index is -4.52. The molecule has 8 heteroatoms. The summed E-state index contributed by atoms with van der Waals surface area (Å²) in [7, 11) is 0. The average Bonchev–Trinajstić information content (AvgIpc) is 2.35. The molecule has 0 N–H and O–H groups in total. The molecule has 0 bridgehead atoms. The number of rotatable bonds is 7.